The summed E-state index contributed by atoms with van der Waals surface area (Å²) in [6, 6.07) is 10.3. The number of rotatable bonds is 6. The lowest BCUT2D eigenvalue weighted by molar-refractivity contribution is -0.274. The van der Waals surface area contributed by atoms with Gasteiger partial charge in [-0.05, 0) is 42.3 Å². The van der Waals surface area contributed by atoms with Crippen molar-refractivity contribution >= 4 is 17.6 Å². The van der Waals surface area contributed by atoms with E-state index in [0.29, 0.717) is 29.9 Å². The van der Waals surface area contributed by atoms with Gasteiger partial charge in [-0.25, -0.2) is 0 Å². The smallest absolute Gasteiger partial charge is 0.493 e. The second kappa shape index (κ2) is 7.07. The number of alkyl halides is 3. The van der Waals surface area contributed by atoms with Gasteiger partial charge in [-0.3, -0.25) is 4.79 Å². The predicted molar refractivity (Wildman–Crippen MR) is 88.3 cm³/mol. The molecule has 2 unspecified atom stereocenters. The van der Waals surface area contributed by atoms with Crippen LogP contribution in [0, 0.1) is 11.8 Å². The molecule has 0 aromatic heterocycles. The fraction of sp³-hybridized carbons (Fsp3) is 0.278. The van der Waals surface area contributed by atoms with Crippen molar-refractivity contribution in [3.05, 3.63) is 47.5 Å². The van der Waals surface area contributed by atoms with E-state index in [0.717, 1.165) is 6.07 Å². The Morgan fingerprint density at radius 3 is 2.38 bits per heavy atom. The van der Waals surface area contributed by atoms with Gasteiger partial charge in [0, 0.05) is 16.5 Å². The number of hydrogen-bond acceptors (Lipinski definition) is 3. The zero-order chi connectivity index (χ0) is 18.9. The van der Waals surface area contributed by atoms with E-state index in [1.807, 2.05) is 0 Å². The molecule has 2 atom stereocenters. The highest BCUT2D eigenvalue weighted by Crippen LogP contribution is 2.39. The standard InChI is InChI=1S/C18H14ClF3O4/c19-16-6-5-13(26-18(20,21)22)8-14(16)10-1-3-12(4-2-10)25-9-11-7-15(11)17(23)24/h1-6,8,11,15H,7,9H2,(H,23,24). The lowest BCUT2D eigenvalue weighted by Gasteiger charge is -2.12. The Kier molecular flexibility index (Phi) is 5.00. The van der Waals surface area contributed by atoms with Crippen molar-refractivity contribution in [1.82, 2.24) is 0 Å². The molecule has 138 valence electrons. The van der Waals surface area contributed by atoms with Crippen LogP contribution in [-0.4, -0.2) is 24.0 Å². The molecule has 0 spiro atoms. The number of carboxylic acids is 1. The van der Waals surface area contributed by atoms with Gasteiger partial charge in [0.15, 0.2) is 0 Å². The Morgan fingerprint density at radius 1 is 1.15 bits per heavy atom. The molecule has 4 nitrogen and oxygen atoms in total. The van der Waals surface area contributed by atoms with Gasteiger partial charge in [-0.1, -0.05) is 23.7 Å². The third-order valence-corrected chi connectivity index (χ3v) is 4.37. The van der Waals surface area contributed by atoms with Crippen molar-refractivity contribution in [2.24, 2.45) is 11.8 Å². The number of aliphatic carboxylic acids is 1. The van der Waals surface area contributed by atoms with E-state index in [4.69, 9.17) is 21.4 Å². The molecule has 1 saturated carbocycles. The van der Waals surface area contributed by atoms with Crippen LogP contribution in [0.1, 0.15) is 6.42 Å². The van der Waals surface area contributed by atoms with Gasteiger partial charge in [-0.2, -0.15) is 0 Å². The average molecular weight is 387 g/mol. The zero-order valence-electron chi connectivity index (χ0n) is 13.3. The Labute approximate surface area is 152 Å². The maximum absolute atomic E-state index is 12.4. The fourth-order valence-corrected chi connectivity index (χ4v) is 2.82. The van der Waals surface area contributed by atoms with Crippen LogP contribution >= 0.6 is 11.6 Å². The lowest BCUT2D eigenvalue weighted by Crippen LogP contribution is -2.17. The number of benzene rings is 2. The van der Waals surface area contributed by atoms with Crippen molar-refractivity contribution in [2.75, 3.05) is 6.61 Å². The van der Waals surface area contributed by atoms with Crippen molar-refractivity contribution in [2.45, 2.75) is 12.8 Å². The molecule has 0 aliphatic heterocycles. The summed E-state index contributed by atoms with van der Waals surface area (Å²) in [6.45, 7) is 0.311. The maximum atomic E-state index is 12.4. The third kappa shape index (κ3) is 4.60. The molecule has 1 N–H and O–H groups in total. The first kappa shape index (κ1) is 18.4. The zero-order valence-corrected chi connectivity index (χ0v) is 14.1. The molecule has 1 aliphatic rings. The van der Waals surface area contributed by atoms with Gasteiger partial charge < -0.3 is 14.6 Å². The summed E-state index contributed by atoms with van der Waals surface area (Å²) in [4.78, 5) is 10.8. The Hall–Kier alpha value is -2.41. The van der Waals surface area contributed by atoms with Gasteiger partial charge in [0.2, 0.25) is 0 Å². The lowest BCUT2D eigenvalue weighted by atomic mass is 10.1. The minimum Gasteiger partial charge on any atom is -0.493 e. The second-order valence-corrected chi connectivity index (χ2v) is 6.37. The van der Waals surface area contributed by atoms with E-state index in [2.05, 4.69) is 4.74 Å². The highest BCUT2D eigenvalue weighted by Gasteiger charge is 2.43. The van der Waals surface area contributed by atoms with E-state index >= 15 is 0 Å². The second-order valence-electron chi connectivity index (χ2n) is 5.97. The largest absolute Gasteiger partial charge is 0.573 e. The first-order chi connectivity index (χ1) is 12.2. The molecule has 0 bridgehead atoms. The van der Waals surface area contributed by atoms with Crippen molar-refractivity contribution in [1.29, 1.82) is 0 Å². The molecular formula is C18H14ClF3O4. The Morgan fingerprint density at radius 2 is 1.81 bits per heavy atom. The van der Waals surface area contributed by atoms with E-state index in [1.165, 1.54) is 12.1 Å². The molecule has 1 aliphatic carbocycles. The van der Waals surface area contributed by atoms with E-state index in [9.17, 15) is 18.0 Å². The molecule has 26 heavy (non-hydrogen) atoms. The highest BCUT2D eigenvalue weighted by atomic mass is 35.5. The molecule has 0 saturated heterocycles. The molecular weight excluding hydrogens is 373 g/mol. The average Bonchev–Trinajstić information content (AvgIpc) is 3.34. The van der Waals surface area contributed by atoms with Crippen LogP contribution in [-0.2, 0) is 4.79 Å². The summed E-state index contributed by atoms with van der Waals surface area (Å²) in [5.41, 5.74) is 0.998. The first-order valence-corrected chi connectivity index (χ1v) is 8.12. The van der Waals surface area contributed by atoms with E-state index in [1.54, 1.807) is 24.3 Å². The molecule has 2 aromatic carbocycles. The van der Waals surface area contributed by atoms with Crippen LogP contribution in [0.5, 0.6) is 11.5 Å². The Bertz CT molecular complexity index is 805. The van der Waals surface area contributed by atoms with Gasteiger partial charge in [0.25, 0.3) is 0 Å². The molecule has 0 amide bonds. The van der Waals surface area contributed by atoms with E-state index in [-0.39, 0.29) is 22.6 Å². The molecule has 8 heteroatoms. The van der Waals surface area contributed by atoms with Crippen LogP contribution in [0.4, 0.5) is 13.2 Å². The number of carbonyl (C=O) groups is 1. The summed E-state index contributed by atoms with van der Waals surface area (Å²) < 4.78 is 46.5. The van der Waals surface area contributed by atoms with Crippen LogP contribution in [0.3, 0.4) is 0 Å². The van der Waals surface area contributed by atoms with Crippen molar-refractivity contribution < 1.29 is 32.5 Å². The third-order valence-electron chi connectivity index (χ3n) is 4.04. The maximum Gasteiger partial charge on any atom is 0.573 e. The monoisotopic (exact) mass is 386 g/mol. The summed E-state index contributed by atoms with van der Waals surface area (Å²) in [6.07, 6.45) is -4.17. The number of halogens is 4. The minimum absolute atomic E-state index is 0.0119. The van der Waals surface area contributed by atoms with Crippen LogP contribution in [0.15, 0.2) is 42.5 Å². The van der Waals surface area contributed by atoms with Gasteiger partial charge >= 0.3 is 12.3 Å². The first-order valence-electron chi connectivity index (χ1n) is 7.74. The van der Waals surface area contributed by atoms with Crippen LogP contribution < -0.4 is 9.47 Å². The number of carboxylic acid groups (broad SMARTS) is 1. The topological polar surface area (TPSA) is 55.8 Å². The number of hydrogen-bond donors (Lipinski definition) is 1. The van der Waals surface area contributed by atoms with Gasteiger partial charge in [0.05, 0.1) is 12.5 Å². The minimum atomic E-state index is -4.78. The van der Waals surface area contributed by atoms with Crippen molar-refractivity contribution in [3.63, 3.8) is 0 Å². The van der Waals surface area contributed by atoms with Crippen LogP contribution in [0.2, 0.25) is 5.02 Å². The Balaban J connectivity index is 1.68. The normalized spacial score (nSPS) is 19.1. The molecule has 3 rings (SSSR count). The summed E-state index contributed by atoms with van der Waals surface area (Å²) in [7, 11) is 0. The van der Waals surface area contributed by atoms with Gasteiger partial charge in [0.1, 0.15) is 11.5 Å². The predicted octanol–water partition coefficient (Wildman–Crippen LogP) is 5.01. The SMILES string of the molecule is O=C(O)C1CC1COc1ccc(-c2cc(OC(F)(F)F)ccc2Cl)cc1. The quantitative estimate of drug-likeness (QED) is 0.758. The molecule has 0 heterocycles. The van der Waals surface area contributed by atoms with Gasteiger partial charge in [-0.15, -0.1) is 13.2 Å². The number of ether oxygens (including phenoxy) is 2. The van der Waals surface area contributed by atoms with Crippen LogP contribution in [0.25, 0.3) is 11.1 Å². The summed E-state index contributed by atoms with van der Waals surface area (Å²) in [5.74, 6) is -0.957. The van der Waals surface area contributed by atoms with E-state index < -0.39 is 12.3 Å². The highest BCUT2D eigenvalue weighted by molar-refractivity contribution is 6.33. The summed E-state index contributed by atoms with van der Waals surface area (Å²) >= 11 is 6.07. The fourth-order valence-electron chi connectivity index (χ4n) is 2.59. The molecule has 0 radical (unpaired) electrons. The molecule has 2 aromatic rings. The summed E-state index contributed by atoms with van der Waals surface area (Å²) in [5, 5.41) is 9.14. The van der Waals surface area contributed by atoms with Crippen molar-refractivity contribution in [3.8, 4) is 22.6 Å². The molecule has 1 fully saturated rings.